The first-order valence-electron chi connectivity index (χ1n) is 8.02. The van der Waals surface area contributed by atoms with Crippen molar-refractivity contribution in [3.63, 3.8) is 0 Å². The molecule has 0 spiro atoms. The van der Waals surface area contributed by atoms with Crippen molar-refractivity contribution < 1.29 is 4.39 Å². The van der Waals surface area contributed by atoms with E-state index in [-0.39, 0.29) is 18.2 Å². The second kappa shape index (κ2) is 7.58. The highest BCUT2D eigenvalue weighted by Gasteiger charge is 2.22. The lowest BCUT2D eigenvalue weighted by Crippen LogP contribution is -2.13. The Hall–Kier alpha value is -2.21. The number of hydrogen-bond acceptors (Lipinski definition) is 3. The molecular formula is C19H17Cl2FN4. The average Bonchev–Trinajstić information content (AvgIpc) is 2.92. The van der Waals surface area contributed by atoms with E-state index in [2.05, 4.69) is 15.5 Å². The molecule has 1 N–H and O–H groups in total. The number of nitrogens with one attached hydrogen (secondary N) is 1. The van der Waals surface area contributed by atoms with Crippen LogP contribution in [0, 0.1) is 5.82 Å². The fraction of sp³-hybridized carbons (Fsp3) is 0.158. The van der Waals surface area contributed by atoms with Crippen LogP contribution in [-0.2, 0) is 13.0 Å². The molecule has 0 saturated heterocycles. The first-order valence-corrected chi connectivity index (χ1v) is 8.40. The Labute approximate surface area is 162 Å². The summed E-state index contributed by atoms with van der Waals surface area (Å²) in [6.07, 6.45) is 2.55. The molecule has 2 heterocycles. The molecule has 4 rings (SSSR count). The molecule has 1 aliphatic rings. The van der Waals surface area contributed by atoms with Crippen molar-refractivity contribution in [1.29, 1.82) is 0 Å². The van der Waals surface area contributed by atoms with Crippen LogP contribution < -0.4 is 5.32 Å². The van der Waals surface area contributed by atoms with E-state index in [1.54, 1.807) is 12.1 Å². The highest BCUT2D eigenvalue weighted by atomic mass is 35.5. The molecule has 1 aromatic heterocycles. The van der Waals surface area contributed by atoms with Crippen LogP contribution in [0.1, 0.15) is 22.8 Å². The van der Waals surface area contributed by atoms with E-state index in [0.29, 0.717) is 23.6 Å². The molecule has 26 heavy (non-hydrogen) atoms. The van der Waals surface area contributed by atoms with Gasteiger partial charge in [0.2, 0.25) is 0 Å². The number of halogens is 3. The van der Waals surface area contributed by atoms with Gasteiger partial charge in [-0.15, -0.1) is 22.6 Å². The zero-order valence-corrected chi connectivity index (χ0v) is 15.6. The van der Waals surface area contributed by atoms with Crippen LogP contribution in [0.5, 0.6) is 0 Å². The quantitative estimate of drug-likeness (QED) is 0.728. The summed E-state index contributed by atoms with van der Waals surface area (Å²) in [7, 11) is 1.87. The lowest BCUT2D eigenvalue weighted by molar-refractivity contribution is 0.624. The summed E-state index contributed by atoms with van der Waals surface area (Å²) in [5.41, 5.74) is 3.14. The van der Waals surface area contributed by atoms with Crippen LogP contribution in [0.2, 0.25) is 5.02 Å². The summed E-state index contributed by atoms with van der Waals surface area (Å²) >= 11 is 6.25. The molecule has 0 saturated carbocycles. The molecule has 1 aliphatic heterocycles. The Bertz CT molecular complexity index is 981. The van der Waals surface area contributed by atoms with Crippen molar-refractivity contribution in [2.45, 2.75) is 13.0 Å². The van der Waals surface area contributed by atoms with Gasteiger partial charge in [-0.2, -0.15) is 0 Å². The fourth-order valence-corrected chi connectivity index (χ4v) is 3.37. The molecule has 0 aliphatic carbocycles. The molecule has 0 bridgehead atoms. The van der Waals surface area contributed by atoms with Gasteiger partial charge in [0.15, 0.2) is 5.82 Å². The highest BCUT2D eigenvalue weighted by molar-refractivity contribution is 6.30. The van der Waals surface area contributed by atoms with Gasteiger partial charge in [-0.25, -0.2) is 4.39 Å². The molecule has 134 valence electrons. The van der Waals surface area contributed by atoms with Crippen molar-refractivity contribution in [3.8, 4) is 5.69 Å². The molecule has 0 amide bonds. The normalized spacial score (nSPS) is 12.5. The molecular weight excluding hydrogens is 374 g/mol. The van der Waals surface area contributed by atoms with Crippen LogP contribution in [0.15, 0.2) is 48.5 Å². The minimum Gasteiger partial charge on any atom is -0.313 e. The van der Waals surface area contributed by atoms with Gasteiger partial charge in [-0.1, -0.05) is 35.9 Å². The predicted octanol–water partition coefficient (Wildman–Crippen LogP) is 4.19. The Morgan fingerprint density at radius 3 is 2.73 bits per heavy atom. The Morgan fingerprint density at radius 1 is 1.15 bits per heavy atom. The second-order valence-corrected chi connectivity index (χ2v) is 6.30. The number of fused-ring (bicyclic) bond motifs is 3. The zero-order chi connectivity index (χ0) is 17.4. The number of allylic oxidation sites excluding steroid dienone is 1. The van der Waals surface area contributed by atoms with Crippen LogP contribution in [-0.4, -0.2) is 21.8 Å². The summed E-state index contributed by atoms with van der Waals surface area (Å²) in [6, 6.07) is 12.4. The van der Waals surface area contributed by atoms with Crippen molar-refractivity contribution in [2.24, 2.45) is 0 Å². The average molecular weight is 391 g/mol. The fourth-order valence-electron chi connectivity index (χ4n) is 3.19. The van der Waals surface area contributed by atoms with Crippen LogP contribution in [0.4, 0.5) is 4.39 Å². The molecule has 0 unspecified atom stereocenters. The van der Waals surface area contributed by atoms with E-state index in [1.165, 1.54) is 6.07 Å². The smallest absolute Gasteiger partial charge is 0.151 e. The Kier molecular flexibility index (Phi) is 5.41. The zero-order valence-electron chi connectivity index (χ0n) is 14.0. The third-order valence-electron chi connectivity index (χ3n) is 4.27. The third kappa shape index (κ3) is 3.14. The van der Waals surface area contributed by atoms with E-state index in [9.17, 15) is 4.39 Å². The van der Waals surface area contributed by atoms with Gasteiger partial charge in [0.05, 0.1) is 12.2 Å². The van der Waals surface area contributed by atoms with Gasteiger partial charge >= 0.3 is 0 Å². The standard InChI is InChI=1S/C19H16ClFN4.ClH/c1-22-11-19-24-23-18-9-7-13(14-4-2-3-5-16(14)21)15-10-12(20)6-8-17(15)25(18)19;/h2-8,10,22H,9,11H2,1H3;1H. The molecule has 0 atom stereocenters. The molecule has 0 fully saturated rings. The minimum absolute atomic E-state index is 0. The number of nitrogens with zero attached hydrogens (tertiary/aromatic N) is 3. The van der Waals surface area contributed by atoms with E-state index < -0.39 is 0 Å². The van der Waals surface area contributed by atoms with E-state index in [4.69, 9.17) is 11.6 Å². The summed E-state index contributed by atoms with van der Waals surface area (Å²) in [6.45, 7) is 0.587. The minimum atomic E-state index is -0.257. The SMILES string of the molecule is CNCc1nnc2n1-c1ccc(Cl)cc1C(c1ccccc1F)=CC2.Cl. The van der Waals surface area contributed by atoms with E-state index in [1.807, 2.05) is 42.0 Å². The maximum Gasteiger partial charge on any atom is 0.151 e. The monoisotopic (exact) mass is 390 g/mol. The van der Waals surface area contributed by atoms with E-state index in [0.717, 1.165) is 28.5 Å². The number of aromatic nitrogens is 3. The van der Waals surface area contributed by atoms with Gasteiger partial charge in [0.25, 0.3) is 0 Å². The first-order chi connectivity index (χ1) is 12.2. The largest absolute Gasteiger partial charge is 0.313 e. The Balaban J connectivity index is 0.00000196. The van der Waals surface area contributed by atoms with Gasteiger partial charge in [0, 0.05) is 22.6 Å². The van der Waals surface area contributed by atoms with Gasteiger partial charge < -0.3 is 5.32 Å². The summed E-state index contributed by atoms with van der Waals surface area (Å²) < 4.78 is 16.5. The number of rotatable bonds is 3. The molecule has 0 radical (unpaired) electrons. The van der Waals surface area contributed by atoms with Gasteiger partial charge in [-0.05, 0) is 36.9 Å². The van der Waals surface area contributed by atoms with Crippen LogP contribution in [0.25, 0.3) is 11.3 Å². The molecule has 3 aromatic rings. The van der Waals surface area contributed by atoms with E-state index >= 15 is 0 Å². The van der Waals surface area contributed by atoms with Crippen molar-refractivity contribution in [2.75, 3.05) is 7.05 Å². The molecule has 7 heteroatoms. The summed E-state index contributed by atoms with van der Waals surface area (Å²) in [5.74, 6) is 1.37. The van der Waals surface area contributed by atoms with Crippen molar-refractivity contribution >= 4 is 29.6 Å². The van der Waals surface area contributed by atoms with Gasteiger partial charge in [-0.3, -0.25) is 4.57 Å². The van der Waals surface area contributed by atoms with Crippen LogP contribution >= 0.6 is 24.0 Å². The lowest BCUT2D eigenvalue weighted by Gasteiger charge is -2.15. The summed E-state index contributed by atoms with van der Waals surface area (Å²) in [5, 5.41) is 12.3. The molecule has 2 aromatic carbocycles. The Morgan fingerprint density at radius 2 is 1.96 bits per heavy atom. The molecule has 4 nitrogen and oxygen atoms in total. The van der Waals surface area contributed by atoms with Gasteiger partial charge in [0.1, 0.15) is 11.6 Å². The lowest BCUT2D eigenvalue weighted by atomic mass is 9.95. The summed E-state index contributed by atoms with van der Waals surface area (Å²) in [4.78, 5) is 0. The second-order valence-electron chi connectivity index (χ2n) is 5.86. The predicted molar refractivity (Wildman–Crippen MR) is 104 cm³/mol. The number of hydrogen-bond donors (Lipinski definition) is 1. The van der Waals surface area contributed by atoms with Crippen molar-refractivity contribution in [1.82, 2.24) is 20.1 Å². The van der Waals surface area contributed by atoms with Crippen LogP contribution in [0.3, 0.4) is 0 Å². The maximum atomic E-state index is 14.4. The highest BCUT2D eigenvalue weighted by Crippen LogP contribution is 2.35. The topological polar surface area (TPSA) is 42.7 Å². The van der Waals surface area contributed by atoms with Crippen molar-refractivity contribution in [3.05, 3.63) is 82.2 Å². The number of benzene rings is 2. The maximum absolute atomic E-state index is 14.4. The third-order valence-corrected chi connectivity index (χ3v) is 4.51. The first kappa shape index (κ1) is 18.6.